The van der Waals surface area contributed by atoms with E-state index < -0.39 is 16.4 Å². The van der Waals surface area contributed by atoms with Gasteiger partial charge < -0.3 is 27.4 Å². The van der Waals surface area contributed by atoms with Crippen molar-refractivity contribution in [1.82, 2.24) is 0 Å². The van der Waals surface area contributed by atoms with Crippen LogP contribution >= 0.6 is 0 Å². The van der Waals surface area contributed by atoms with Crippen LogP contribution in [0, 0.1) is 6.92 Å². The summed E-state index contributed by atoms with van der Waals surface area (Å²) in [5, 5.41) is 0.235. The fourth-order valence-electron chi connectivity index (χ4n) is 3.11. The van der Waals surface area contributed by atoms with Crippen LogP contribution in [-0.2, 0) is 21.7 Å². The molecule has 0 aliphatic heterocycles. The van der Waals surface area contributed by atoms with Crippen LogP contribution in [0.2, 0.25) is 0 Å². The third-order valence-electron chi connectivity index (χ3n) is 4.27. The van der Waals surface area contributed by atoms with Gasteiger partial charge in [0.25, 0.3) is 10.4 Å². The molecule has 0 amide bonds. The van der Waals surface area contributed by atoms with Gasteiger partial charge in [-0.25, -0.2) is 13.2 Å². The highest BCUT2D eigenvalue weighted by atomic mass is 32.3. The van der Waals surface area contributed by atoms with E-state index >= 15 is 0 Å². The predicted octanol–water partition coefficient (Wildman–Crippen LogP) is 4.12. The van der Waals surface area contributed by atoms with Gasteiger partial charge in [0, 0.05) is 11.5 Å². The minimum absolute atomic E-state index is 0.00775. The highest BCUT2D eigenvalue weighted by Gasteiger charge is 2.23. The summed E-state index contributed by atoms with van der Waals surface area (Å²) in [6.45, 7) is 7.20. The molecular formula is C22H23O9S-. The lowest BCUT2D eigenvalue weighted by Crippen LogP contribution is -2.09. The lowest BCUT2D eigenvalue weighted by atomic mass is 10.1. The van der Waals surface area contributed by atoms with Crippen LogP contribution in [0.5, 0.6) is 17.2 Å². The molecule has 0 N–H and O–H groups in total. The van der Waals surface area contributed by atoms with Crippen molar-refractivity contribution in [3.63, 3.8) is 0 Å². The Hall–Kier alpha value is -3.24. The maximum Gasteiger partial charge on any atom is 0.342 e. The molecule has 172 valence electrons. The lowest BCUT2D eigenvalue weighted by Gasteiger charge is -2.15. The molecule has 3 aromatic rings. The number of esters is 1. The normalized spacial score (nSPS) is 11.6. The van der Waals surface area contributed by atoms with Crippen LogP contribution in [0.4, 0.5) is 0 Å². The van der Waals surface area contributed by atoms with Gasteiger partial charge in [0.2, 0.25) is 0 Å². The average molecular weight is 463 g/mol. The molecule has 0 fully saturated rings. The van der Waals surface area contributed by atoms with Crippen molar-refractivity contribution in [1.29, 1.82) is 0 Å². The molecule has 1 aromatic heterocycles. The Labute approximate surface area is 185 Å². The molecule has 0 radical (unpaired) electrons. The van der Waals surface area contributed by atoms with E-state index in [1.54, 1.807) is 38.1 Å². The Balaban J connectivity index is 1.98. The molecule has 0 unspecified atom stereocenters. The molecular weight excluding hydrogens is 440 g/mol. The topological polar surface area (TPSA) is 124 Å². The van der Waals surface area contributed by atoms with Crippen LogP contribution in [0.3, 0.4) is 0 Å². The van der Waals surface area contributed by atoms with Crippen LogP contribution in [0.1, 0.15) is 42.5 Å². The van der Waals surface area contributed by atoms with E-state index in [0.29, 0.717) is 5.75 Å². The minimum atomic E-state index is -5.10. The fraction of sp³-hybridized carbons (Fsp3) is 0.318. The van der Waals surface area contributed by atoms with Crippen molar-refractivity contribution in [3.8, 4) is 17.2 Å². The summed E-state index contributed by atoms with van der Waals surface area (Å²) in [5.41, 5.74) is 1.09. The van der Waals surface area contributed by atoms with Crippen LogP contribution in [-0.4, -0.2) is 31.7 Å². The van der Waals surface area contributed by atoms with Crippen LogP contribution in [0.15, 0.2) is 40.8 Å². The maximum atomic E-state index is 12.3. The number of ether oxygens (including phenoxy) is 3. The molecule has 0 spiro atoms. The number of benzene rings is 2. The fourth-order valence-corrected chi connectivity index (χ4v) is 3.46. The Morgan fingerprint density at radius 2 is 1.91 bits per heavy atom. The zero-order valence-electron chi connectivity index (χ0n) is 18.0. The number of hydrogen-bond donors (Lipinski definition) is 0. The van der Waals surface area contributed by atoms with E-state index in [1.807, 2.05) is 13.8 Å². The van der Waals surface area contributed by atoms with Crippen molar-refractivity contribution < 1.29 is 40.6 Å². The summed E-state index contributed by atoms with van der Waals surface area (Å²) in [6.07, 6.45) is -0.00775. The smallest absolute Gasteiger partial charge is 0.342 e. The van der Waals surface area contributed by atoms with Crippen molar-refractivity contribution >= 4 is 27.3 Å². The Morgan fingerprint density at radius 1 is 1.16 bits per heavy atom. The van der Waals surface area contributed by atoms with E-state index in [9.17, 15) is 17.8 Å². The molecule has 9 nitrogen and oxygen atoms in total. The van der Waals surface area contributed by atoms with E-state index in [2.05, 4.69) is 4.18 Å². The molecule has 0 aliphatic rings. The molecule has 0 bridgehead atoms. The molecule has 0 atom stereocenters. The highest BCUT2D eigenvalue weighted by molar-refractivity contribution is 7.81. The van der Waals surface area contributed by atoms with Gasteiger partial charge in [-0.15, -0.1) is 0 Å². The number of hydrogen-bond acceptors (Lipinski definition) is 9. The number of carbonyl (C=O) groups is 1. The zero-order chi connectivity index (χ0) is 23.5. The van der Waals surface area contributed by atoms with E-state index in [4.69, 9.17) is 18.6 Å². The first-order valence-electron chi connectivity index (χ1n) is 9.85. The second-order valence-electron chi connectivity index (χ2n) is 7.14. The Kier molecular flexibility index (Phi) is 6.95. The molecule has 0 aliphatic carbocycles. The minimum Gasteiger partial charge on any atom is -0.716 e. The summed E-state index contributed by atoms with van der Waals surface area (Å²) >= 11 is 0. The molecule has 2 aromatic carbocycles. The van der Waals surface area contributed by atoms with Crippen molar-refractivity contribution in [2.75, 3.05) is 6.61 Å². The number of fused-ring (bicyclic) bond motifs is 1. The van der Waals surface area contributed by atoms with Crippen LogP contribution < -0.4 is 13.7 Å². The van der Waals surface area contributed by atoms with E-state index in [1.165, 1.54) is 12.1 Å². The number of rotatable bonds is 9. The van der Waals surface area contributed by atoms with Gasteiger partial charge in [-0.1, -0.05) is 12.1 Å². The highest BCUT2D eigenvalue weighted by Crippen LogP contribution is 2.38. The monoisotopic (exact) mass is 463 g/mol. The van der Waals surface area contributed by atoms with E-state index in [0.717, 1.165) is 5.56 Å². The van der Waals surface area contributed by atoms with Gasteiger partial charge in [0.15, 0.2) is 11.5 Å². The standard InChI is InChI=1S/C22H24O9S/c1-5-27-22(23)21-14(4)30-18-11-19(20(10-17(18)21)31-32(24,25)26)28-12-15-7-6-8-16(9-15)29-13(2)3/h6-11,13H,5,12H2,1-4H3,(H,24,25,26)/p-1. The quantitative estimate of drug-likeness (QED) is 0.262. The second-order valence-corrected chi connectivity index (χ2v) is 8.13. The van der Waals surface area contributed by atoms with Crippen LogP contribution in [0.25, 0.3) is 11.0 Å². The summed E-state index contributed by atoms with van der Waals surface area (Å²) in [5.74, 6) is -0.138. The molecule has 0 saturated heterocycles. The first kappa shape index (κ1) is 23.4. The second kappa shape index (κ2) is 9.49. The molecule has 32 heavy (non-hydrogen) atoms. The zero-order valence-corrected chi connectivity index (χ0v) is 18.9. The summed E-state index contributed by atoms with van der Waals surface area (Å²) in [6, 6.07) is 9.74. The van der Waals surface area contributed by atoms with E-state index in [-0.39, 0.29) is 53.1 Å². The first-order chi connectivity index (χ1) is 15.1. The number of furan rings is 1. The Morgan fingerprint density at radius 3 is 2.56 bits per heavy atom. The number of carbonyl (C=O) groups excluding carboxylic acids is 1. The average Bonchev–Trinajstić information content (AvgIpc) is 2.99. The van der Waals surface area contributed by atoms with Crippen molar-refractivity contribution in [2.45, 2.75) is 40.4 Å². The van der Waals surface area contributed by atoms with Gasteiger partial charge in [0.05, 0.1) is 12.7 Å². The molecule has 1 heterocycles. The van der Waals surface area contributed by atoms with Gasteiger partial charge in [-0.2, -0.15) is 0 Å². The van der Waals surface area contributed by atoms with Gasteiger partial charge >= 0.3 is 5.97 Å². The largest absolute Gasteiger partial charge is 0.716 e. The lowest BCUT2D eigenvalue weighted by molar-refractivity contribution is 0.0526. The Bertz CT molecular complexity index is 1230. The van der Waals surface area contributed by atoms with Gasteiger partial charge in [-0.05, 0) is 51.5 Å². The van der Waals surface area contributed by atoms with Crippen molar-refractivity contribution in [3.05, 3.63) is 53.3 Å². The van der Waals surface area contributed by atoms with Gasteiger partial charge in [-0.3, -0.25) is 0 Å². The summed E-state index contributed by atoms with van der Waals surface area (Å²) in [4.78, 5) is 12.3. The molecule has 0 saturated carbocycles. The summed E-state index contributed by atoms with van der Waals surface area (Å²) in [7, 11) is -5.10. The van der Waals surface area contributed by atoms with Crippen molar-refractivity contribution in [2.24, 2.45) is 0 Å². The maximum absolute atomic E-state index is 12.3. The van der Waals surface area contributed by atoms with Gasteiger partial charge in [0.1, 0.15) is 29.3 Å². The predicted molar refractivity (Wildman–Crippen MR) is 114 cm³/mol. The third-order valence-corrected chi connectivity index (χ3v) is 4.65. The molecule has 10 heteroatoms. The summed E-state index contributed by atoms with van der Waals surface area (Å²) < 4.78 is 60.4. The SMILES string of the molecule is CCOC(=O)c1c(C)oc2cc(OCc3cccc(OC(C)C)c3)c(OS(=O)(=O)[O-])cc12. The number of aryl methyl sites for hydroxylation is 1. The molecule has 3 rings (SSSR count). The third kappa shape index (κ3) is 5.71. The first-order valence-corrected chi connectivity index (χ1v) is 11.2.